The molecule has 1 aromatic carbocycles. The van der Waals surface area contributed by atoms with E-state index >= 15 is 0 Å². The Hall–Kier alpha value is -2.41. The normalized spacial score (nSPS) is 13.5. The molecule has 0 spiro atoms. The maximum atomic E-state index is 11.6. The van der Waals surface area contributed by atoms with Gasteiger partial charge in [0.05, 0.1) is 12.8 Å². The first-order valence-corrected chi connectivity index (χ1v) is 5.85. The number of aromatic nitrogens is 2. The van der Waals surface area contributed by atoms with Gasteiger partial charge in [-0.3, -0.25) is 4.79 Å². The summed E-state index contributed by atoms with van der Waals surface area (Å²) in [5.74, 6) is 0.310. The molecule has 0 unspecified atom stereocenters. The van der Waals surface area contributed by atoms with Crippen LogP contribution in [0.1, 0.15) is 10.5 Å². The Morgan fingerprint density at radius 2 is 1.95 bits per heavy atom. The van der Waals surface area contributed by atoms with E-state index in [2.05, 4.69) is 15.3 Å². The average molecular weight is 272 g/mol. The molecule has 0 radical (unpaired) electrons. The maximum absolute atomic E-state index is 11.6. The molecule has 0 N–H and O–H groups in total. The fourth-order valence-corrected chi connectivity index (χ4v) is 1.94. The molecule has 1 aliphatic heterocycles. The topological polar surface area (TPSA) is 68.8 Å². The number of nitrogens with zero attached hydrogens (tertiary/aromatic N) is 4. The highest BCUT2D eigenvalue weighted by Crippen LogP contribution is 2.23. The Morgan fingerprint density at radius 1 is 1.21 bits per heavy atom. The van der Waals surface area contributed by atoms with Gasteiger partial charge in [-0.1, -0.05) is 0 Å². The van der Waals surface area contributed by atoms with E-state index in [1.165, 1.54) is 4.68 Å². The third kappa shape index (κ3) is 1.93. The molecule has 3 rings (SSSR count). The third-order valence-electron chi connectivity index (χ3n) is 2.72. The first-order chi connectivity index (χ1) is 9.19. The number of azo groups is 1. The molecule has 94 valence electrons. The highest BCUT2D eigenvalue weighted by molar-refractivity contribution is 7.80. The molecule has 2 heterocycles. The molecule has 0 bridgehead atoms. The van der Waals surface area contributed by atoms with Crippen LogP contribution in [0.5, 0.6) is 5.75 Å². The molecule has 0 saturated carbocycles. The Bertz CT molecular complexity index is 668. The number of fused-ring (bicyclic) bond motifs is 1. The van der Waals surface area contributed by atoms with Crippen LogP contribution >= 0.6 is 12.2 Å². The summed E-state index contributed by atoms with van der Waals surface area (Å²) >= 11 is 4.98. The lowest BCUT2D eigenvalue weighted by atomic mass is 10.1. The van der Waals surface area contributed by atoms with Gasteiger partial charge >= 0.3 is 5.91 Å². The van der Waals surface area contributed by atoms with Crippen molar-refractivity contribution in [3.8, 4) is 17.0 Å². The van der Waals surface area contributed by atoms with Crippen LogP contribution in [0.3, 0.4) is 0 Å². The summed E-state index contributed by atoms with van der Waals surface area (Å²) in [7, 11) is 1.60. The number of hydrogen-bond acceptors (Lipinski definition) is 4. The summed E-state index contributed by atoms with van der Waals surface area (Å²) in [5, 5.41) is 11.5. The zero-order valence-corrected chi connectivity index (χ0v) is 10.7. The lowest BCUT2D eigenvalue weighted by Gasteiger charge is -2.04. The van der Waals surface area contributed by atoms with Gasteiger partial charge in [0.15, 0.2) is 0 Å². The minimum Gasteiger partial charge on any atom is -0.497 e. The SMILES string of the molecule is COc1ccc(-c2cc3n(n2)C(=S)N=NC3=O)cc1. The molecule has 2 aromatic rings. The summed E-state index contributed by atoms with van der Waals surface area (Å²) in [6.45, 7) is 0. The number of ether oxygens (including phenoxy) is 1. The Kier molecular flexibility index (Phi) is 2.68. The molecule has 6 nitrogen and oxygen atoms in total. The van der Waals surface area contributed by atoms with E-state index in [0.717, 1.165) is 11.3 Å². The van der Waals surface area contributed by atoms with Crippen molar-refractivity contribution in [3.63, 3.8) is 0 Å². The first-order valence-electron chi connectivity index (χ1n) is 5.44. The van der Waals surface area contributed by atoms with Crippen LogP contribution in [-0.2, 0) is 0 Å². The molecule has 1 amide bonds. The van der Waals surface area contributed by atoms with Crippen molar-refractivity contribution < 1.29 is 9.53 Å². The highest BCUT2D eigenvalue weighted by Gasteiger charge is 2.22. The molecule has 0 fully saturated rings. The second kappa shape index (κ2) is 4.36. The predicted molar refractivity (Wildman–Crippen MR) is 71.4 cm³/mol. The van der Waals surface area contributed by atoms with E-state index in [1.54, 1.807) is 13.2 Å². The van der Waals surface area contributed by atoms with Gasteiger partial charge in [-0.15, -0.1) is 10.2 Å². The van der Waals surface area contributed by atoms with E-state index in [4.69, 9.17) is 17.0 Å². The van der Waals surface area contributed by atoms with Crippen LogP contribution in [-0.4, -0.2) is 27.9 Å². The Balaban J connectivity index is 2.05. The number of hydrogen-bond donors (Lipinski definition) is 0. The Labute approximate surface area is 113 Å². The summed E-state index contributed by atoms with van der Waals surface area (Å²) in [6.07, 6.45) is 0. The zero-order valence-electron chi connectivity index (χ0n) is 9.90. The monoisotopic (exact) mass is 272 g/mol. The van der Waals surface area contributed by atoms with Crippen LogP contribution in [0.25, 0.3) is 11.3 Å². The number of benzene rings is 1. The molecular formula is C12H8N4O2S. The average Bonchev–Trinajstić information content (AvgIpc) is 2.89. The molecule has 19 heavy (non-hydrogen) atoms. The van der Waals surface area contributed by atoms with Crippen LogP contribution in [0.15, 0.2) is 40.6 Å². The van der Waals surface area contributed by atoms with Crippen molar-refractivity contribution in [1.29, 1.82) is 0 Å². The maximum Gasteiger partial charge on any atom is 0.314 e. The molecule has 1 aromatic heterocycles. The van der Waals surface area contributed by atoms with E-state index in [-0.39, 0.29) is 5.11 Å². The van der Waals surface area contributed by atoms with Gasteiger partial charge in [0, 0.05) is 5.56 Å². The van der Waals surface area contributed by atoms with Crippen molar-refractivity contribution in [2.45, 2.75) is 0 Å². The lowest BCUT2D eigenvalue weighted by molar-refractivity contribution is 0.0985. The minimum absolute atomic E-state index is 0.161. The van der Waals surface area contributed by atoms with Crippen molar-refractivity contribution in [1.82, 2.24) is 9.78 Å². The lowest BCUT2D eigenvalue weighted by Crippen LogP contribution is -2.18. The fourth-order valence-electron chi connectivity index (χ4n) is 1.76. The summed E-state index contributed by atoms with van der Waals surface area (Å²) in [6, 6.07) is 9.00. The van der Waals surface area contributed by atoms with E-state index in [0.29, 0.717) is 11.4 Å². The van der Waals surface area contributed by atoms with Gasteiger partial charge < -0.3 is 4.74 Å². The number of carbonyl (C=O) groups excluding carboxylic acids is 1. The highest BCUT2D eigenvalue weighted by atomic mass is 32.1. The minimum atomic E-state index is -0.444. The molecular weight excluding hydrogens is 264 g/mol. The van der Waals surface area contributed by atoms with Crippen molar-refractivity contribution in [2.75, 3.05) is 7.11 Å². The molecule has 7 heteroatoms. The predicted octanol–water partition coefficient (Wildman–Crippen LogP) is 2.30. The standard InChI is InChI=1S/C12H8N4O2S/c1-18-8-4-2-7(3-5-8)9-6-10-11(17)13-14-12(19)16(10)15-9/h2-6H,1H3. The number of rotatable bonds is 2. The largest absolute Gasteiger partial charge is 0.497 e. The van der Waals surface area contributed by atoms with Crippen molar-refractivity contribution >= 4 is 23.2 Å². The summed E-state index contributed by atoms with van der Waals surface area (Å²) < 4.78 is 6.41. The summed E-state index contributed by atoms with van der Waals surface area (Å²) in [4.78, 5) is 11.6. The van der Waals surface area contributed by atoms with Gasteiger partial charge in [0.25, 0.3) is 0 Å². The quantitative estimate of drug-likeness (QED) is 0.786. The van der Waals surface area contributed by atoms with Crippen molar-refractivity contribution in [3.05, 3.63) is 36.0 Å². The van der Waals surface area contributed by atoms with E-state index in [1.807, 2.05) is 24.3 Å². The third-order valence-corrected chi connectivity index (χ3v) is 2.98. The second-order valence-corrected chi connectivity index (χ2v) is 4.21. The van der Waals surface area contributed by atoms with Gasteiger partial charge in [0.2, 0.25) is 5.11 Å². The van der Waals surface area contributed by atoms with E-state index in [9.17, 15) is 4.79 Å². The van der Waals surface area contributed by atoms with Crippen LogP contribution < -0.4 is 4.74 Å². The molecule has 0 atom stereocenters. The van der Waals surface area contributed by atoms with Crippen molar-refractivity contribution in [2.24, 2.45) is 10.2 Å². The molecule has 0 aliphatic carbocycles. The van der Waals surface area contributed by atoms with Crippen LogP contribution in [0, 0.1) is 0 Å². The Morgan fingerprint density at radius 3 is 2.58 bits per heavy atom. The van der Waals surface area contributed by atoms with Gasteiger partial charge in [-0.2, -0.15) is 9.78 Å². The first kappa shape index (κ1) is 11.7. The molecule has 0 saturated heterocycles. The zero-order chi connectivity index (χ0) is 13.4. The fraction of sp³-hybridized carbons (Fsp3) is 0.0833. The van der Waals surface area contributed by atoms with Crippen LogP contribution in [0.4, 0.5) is 0 Å². The van der Waals surface area contributed by atoms with Gasteiger partial charge in [-0.05, 0) is 42.5 Å². The molecule has 1 aliphatic rings. The van der Waals surface area contributed by atoms with E-state index < -0.39 is 5.91 Å². The number of methoxy groups -OCH3 is 1. The second-order valence-electron chi connectivity index (χ2n) is 3.84. The number of thiocarbonyl (C=S) groups is 1. The number of amides is 1. The van der Waals surface area contributed by atoms with Crippen LogP contribution in [0.2, 0.25) is 0 Å². The smallest absolute Gasteiger partial charge is 0.314 e. The summed E-state index contributed by atoms with van der Waals surface area (Å²) in [5.41, 5.74) is 1.82. The number of carbonyl (C=O) groups is 1. The van der Waals surface area contributed by atoms with Gasteiger partial charge in [0.1, 0.15) is 11.4 Å². The van der Waals surface area contributed by atoms with Gasteiger partial charge in [-0.25, -0.2) is 0 Å².